The molecule has 0 fully saturated rings. The van der Waals surface area contributed by atoms with Gasteiger partial charge in [0.1, 0.15) is 0 Å². The average molecular weight is 85.1 g/mol. The summed E-state index contributed by atoms with van der Waals surface area (Å²) in [7, 11) is 0. The number of aliphatic hydroxyl groups is 1. The largest absolute Gasteiger partial charge is 0.514 e. The summed E-state index contributed by atoms with van der Waals surface area (Å²) in [5.74, 6) is 0. The zero-order valence-electron chi connectivity index (χ0n) is 2.96. The molecular formula is C3H3NO2. The van der Waals surface area contributed by atoms with Gasteiger partial charge in [-0.25, -0.2) is 4.79 Å². The fourth-order valence-electron chi connectivity index (χ4n) is 0.0638. The van der Waals surface area contributed by atoms with Gasteiger partial charge in [-0.15, -0.1) is 0 Å². The van der Waals surface area contributed by atoms with Gasteiger partial charge in [0.2, 0.25) is 6.08 Å². The lowest BCUT2D eigenvalue weighted by Gasteiger charge is -1.57. The van der Waals surface area contributed by atoms with Crippen LogP contribution >= 0.6 is 0 Å². The summed E-state index contributed by atoms with van der Waals surface area (Å²) in [6.07, 6.45) is 2.79. The highest BCUT2D eigenvalue weighted by Gasteiger charge is 1.50. The Bertz CT molecular complexity index is 91.0. The SMILES string of the molecule is O=C=NC=CO. The summed E-state index contributed by atoms with van der Waals surface area (Å²) in [4.78, 5) is 12.0. The van der Waals surface area contributed by atoms with Gasteiger partial charge in [0, 0.05) is 0 Å². The van der Waals surface area contributed by atoms with Crippen LogP contribution in [0.5, 0.6) is 0 Å². The van der Waals surface area contributed by atoms with Gasteiger partial charge in [0.25, 0.3) is 0 Å². The van der Waals surface area contributed by atoms with Crippen LogP contribution in [0.4, 0.5) is 0 Å². The molecule has 0 heterocycles. The highest BCUT2D eigenvalue weighted by Crippen LogP contribution is 1.61. The summed E-state index contributed by atoms with van der Waals surface area (Å²) in [6.45, 7) is 0. The molecule has 0 aromatic rings. The second-order valence-corrected chi connectivity index (χ2v) is 0.519. The van der Waals surface area contributed by atoms with Gasteiger partial charge in [-0.3, -0.25) is 0 Å². The summed E-state index contributed by atoms with van der Waals surface area (Å²) in [6, 6.07) is 0. The molecule has 0 unspecified atom stereocenters. The quantitative estimate of drug-likeness (QED) is 0.284. The van der Waals surface area contributed by atoms with E-state index in [9.17, 15) is 0 Å². The molecule has 0 aromatic heterocycles. The van der Waals surface area contributed by atoms with Gasteiger partial charge in [-0.2, -0.15) is 4.99 Å². The third-order valence-electron chi connectivity index (χ3n) is 0.194. The van der Waals surface area contributed by atoms with E-state index in [0.717, 1.165) is 6.20 Å². The fourth-order valence-corrected chi connectivity index (χ4v) is 0.0638. The second kappa shape index (κ2) is 3.92. The molecule has 32 valence electrons. The predicted molar refractivity (Wildman–Crippen MR) is 19.9 cm³/mol. The van der Waals surface area contributed by atoms with Gasteiger partial charge < -0.3 is 5.11 Å². The van der Waals surface area contributed by atoms with Crippen LogP contribution in [0.15, 0.2) is 17.5 Å². The number of nitrogens with zero attached hydrogens (tertiary/aromatic N) is 1. The van der Waals surface area contributed by atoms with E-state index in [0.29, 0.717) is 6.26 Å². The second-order valence-electron chi connectivity index (χ2n) is 0.519. The Balaban J connectivity index is 3.33. The standard InChI is InChI=1S/C3H3NO2/c5-2-1-4-3-6/h1-2,5H. The Hall–Kier alpha value is -1.08. The minimum atomic E-state index is 0.658. The van der Waals surface area contributed by atoms with E-state index in [1.807, 2.05) is 0 Å². The maximum absolute atomic E-state index is 9.11. The highest BCUT2D eigenvalue weighted by atomic mass is 16.2. The van der Waals surface area contributed by atoms with Crippen LogP contribution in [-0.2, 0) is 4.79 Å². The molecule has 0 aliphatic carbocycles. The fraction of sp³-hybridized carbons (Fsp3) is 0. The molecule has 3 heteroatoms. The van der Waals surface area contributed by atoms with Crippen molar-refractivity contribution in [2.75, 3.05) is 0 Å². The molecule has 1 N–H and O–H groups in total. The molecule has 0 radical (unpaired) electrons. The molecule has 0 rings (SSSR count). The first-order valence-electron chi connectivity index (χ1n) is 1.28. The number of rotatable bonds is 1. The number of aliphatic imine (C=N–C) groups is 1. The predicted octanol–water partition coefficient (Wildman–Crippen LogP) is 0.351. The third-order valence-corrected chi connectivity index (χ3v) is 0.194. The van der Waals surface area contributed by atoms with Gasteiger partial charge in [-0.1, -0.05) is 0 Å². The van der Waals surface area contributed by atoms with E-state index in [1.54, 1.807) is 0 Å². The number of hydrogen-bond acceptors (Lipinski definition) is 3. The van der Waals surface area contributed by atoms with Gasteiger partial charge in [-0.05, 0) is 0 Å². The molecule has 0 saturated carbocycles. The minimum Gasteiger partial charge on any atom is -0.514 e. The van der Waals surface area contributed by atoms with Crippen molar-refractivity contribution in [3.63, 3.8) is 0 Å². The number of aliphatic hydroxyl groups excluding tert-OH is 1. The molecule has 3 nitrogen and oxygen atoms in total. The zero-order chi connectivity index (χ0) is 4.83. The van der Waals surface area contributed by atoms with Crippen molar-refractivity contribution in [1.82, 2.24) is 0 Å². The van der Waals surface area contributed by atoms with Crippen LogP contribution in [0.3, 0.4) is 0 Å². The van der Waals surface area contributed by atoms with Crippen LogP contribution in [0.1, 0.15) is 0 Å². The summed E-state index contributed by atoms with van der Waals surface area (Å²) >= 11 is 0. The van der Waals surface area contributed by atoms with Crippen molar-refractivity contribution >= 4 is 6.08 Å². The minimum absolute atomic E-state index is 0.658. The van der Waals surface area contributed by atoms with Gasteiger partial charge in [0.05, 0.1) is 12.5 Å². The van der Waals surface area contributed by atoms with E-state index in [1.165, 1.54) is 6.08 Å². The van der Waals surface area contributed by atoms with Crippen LogP contribution in [-0.4, -0.2) is 11.2 Å². The lowest BCUT2D eigenvalue weighted by molar-refractivity contribution is 0.472. The topological polar surface area (TPSA) is 49.7 Å². The Labute approximate surface area is 34.6 Å². The molecule has 0 saturated heterocycles. The molecule has 0 amide bonds. The zero-order valence-corrected chi connectivity index (χ0v) is 2.96. The first kappa shape index (κ1) is 4.92. The van der Waals surface area contributed by atoms with Crippen LogP contribution < -0.4 is 0 Å². The molecule has 6 heavy (non-hydrogen) atoms. The normalized spacial score (nSPS) is 8.00. The number of carbonyl (C=O) groups excluding carboxylic acids is 1. The van der Waals surface area contributed by atoms with E-state index < -0.39 is 0 Å². The van der Waals surface area contributed by atoms with Crippen LogP contribution in [0.2, 0.25) is 0 Å². The van der Waals surface area contributed by atoms with E-state index in [2.05, 4.69) is 4.99 Å². The van der Waals surface area contributed by atoms with Gasteiger partial charge >= 0.3 is 0 Å². The molecule has 0 aliphatic rings. The monoisotopic (exact) mass is 85.0 g/mol. The Morgan fingerprint density at radius 1 is 1.83 bits per heavy atom. The third kappa shape index (κ3) is 2.92. The number of isocyanates is 1. The lowest BCUT2D eigenvalue weighted by Crippen LogP contribution is -1.46. The maximum atomic E-state index is 9.11. The van der Waals surface area contributed by atoms with Crippen LogP contribution in [0, 0.1) is 0 Å². The Kier molecular flexibility index (Phi) is 3.21. The molecule has 0 atom stereocenters. The van der Waals surface area contributed by atoms with E-state index in [-0.39, 0.29) is 0 Å². The first-order valence-corrected chi connectivity index (χ1v) is 1.28. The molecular weight excluding hydrogens is 82.0 g/mol. The molecule has 0 aromatic carbocycles. The summed E-state index contributed by atoms with van der Waals surface area (Å²) in [5.41, 5.74) is 0. The van der Waals surface area contributed by atoms with Crippen molar-refractivity contribution in [2.24, 2.45) is 4.99 Å². The van der Waals surface area contributed by atoms with Crippen molar-refractivity contribution in [3.8, 4) is 0 Å². The molecule has 0 bridgehead atoms. The Morgan fingerprint density at radius 3 is 2.67 bits per heavy atom. The van der Waals surface area contributed by atoms with E-state index >= 15 is 0 Å². The number of hydrogen-bond donors (Lipinski definition) is 1. The van der Waals surface area contributed by atoms with Crippen molar-refractivity contribution in [3.05, 3.63) is 12.5 Å². The van der Waals surface area contributed by atoms with Crippen molar-refractivity contribution in [2.45, 2.75) is 0 Å². The van der Waals surface area contributed by atoms with Crippen molar-refractivity contribution in [1.29, 1.82) is 0 Å². The smallest absolute Gasteiger partial charge is 0.240 e. The Morgan fingerprint density at radius 2 is 2.50 bits per heavy atom. The first-order chi connectivity index (χ1) is 2.91. The summed E-state index contributed by atoms with van der Waals surface area (Å²) in [5, 5.41) is 7.74. The molecule has 0 spiro atoms. The summed E-state index contributed by atoms with van der Waals surface area (Å²) < 4.78 is 0. The van der Waals surface area contributed by atoms with Crippen LogP contribution in [0.25, 0.3) is 0 Å². The maximum Gasteiger partial charge on any atom is 0.240 e. The lowest BCUT2D eigenvalue weighted by atomic mass is 11.0. The molecule has 0 aliphatic heterocycles. The van der Waals surface area contributed by atoms with Crippen molar-refractivity contribution < 1.29 is 9.90 Å². The highest BCUT2D eigenvalue weighted by molar-refractivity contribution is 5.34. The van der Waals surface area contributed by atoms with Gasteiger partial charge in [0.15, 0.2) is 0 Å². The average Bonchev–Trinajstić information content (AvgIpc) is 1.61. The van der Waals surface area contributed by atoms with E-state index in [4.69, 9.17) is 9.90 Å².